The predicted octanol–water partition coefficient (Wildman–Crippen LogP) is 2.30. The highest BCUT2D eigenvalue weighted by molar-refractivity contribution is 5.81. The highest BCUT2D eigenvalue weighted by atomic mass is 19.1. The quantitative estimate of drug-likeness (QED) is 0.776. The largest absolute Gasteiger partial charge is 0.467 e. The van der Waals surface area contributed by atoms with Gasteiger partial charge >= 0.3 is 12.1 Å². The van der Waals surface area contributed by atoms with E-state index in [1.807, 2.05) is 0 Å². The molecule has 7 heteroatoms. The van der Waals surface area contributed by atoms with Crippen molar-refractivity contribution in [2.45, 2.75) is 45.0 Å². The van der Waals surface area contributed by atoms with Gasteiger partial charge in [-0.3, -0.25) is 0 Å². The molecule has 134 valence electrons. The summed E-state index contributed by atoms with van der Waals surface area (Å²) in [5, 5.41) is 11.3. The van der Waals surface area contributed by atoms with Gasteiger partial charge in [0.25, 0.3) is 0 Å². The molecular formula is C17H24FNO5. The molecule has 2 N–H and O–H groups in total. The summed E-state index contributed by atoms with van der Waals surface area (Å²) in [4.78, 5) is 23.7. The summed E-state index contributed by atoms with van der Waals surface area (Å²) >= 11 is 0. The van der Waals surface area contributed by atoms with Gasteiger partial charge in [-0.25, -0.2) is 14.0 Å². The molecule has 0 aromatic heterocycles. The van der Waals surface area contributed by atoms with Crippen molar-refractivity contribution in [3.63, 3.8) is 0 Å². The molecule has 1 unspecified atom stereocenters. The number of methoxy groups -OCH3 is 1. The first-order chi connectivity index (χ1) is 11.2. The molecule has 0 spiro atoms. The molecule has 0 saturated carbocycles. The van der Waals surface area contributed by atoms with E-state index in [1.54, 1.807) is 32.9 Å². The van der Waals surface area contributed by atoms with Gasteiger partial charge in [0.1, 0.15) is 17.8 Å². The maximum Gasteiger partial charge on any atom is 0.408 e. The predicted molar refractivity (Wildman–Crippen MR) is 86.3 cm³/mol. The van der Waals surface area contributed by atoms with Gasteiger partial charge in [0.15, 0.2) is 0 Å². The zero-order chi connectivity index (χ0) is 18.3. The van der Waals surface area contributed by atoms with E-state index in [1.165, 1.54) is 19.2 Å². The first kappa shape index (κ1) is 19.9. The summed E-state index contributed by atoms with van der Waals surface area (Å²) in [6, 6.07) is 5.39. The molecule has 0 aliphatic heterocycles. The second kappa shape index (κ2) is 8.63. The van der Waals surface area contributed by atoms with Gasteiger partial charge in [0.2, 0.25) is 0 Å². The minimum absolute atomic E-state index is 0.169. The number of nitrogens with one attached hydrogen (secondary N) is 1. The molecule has 1 aromatic rings. The van der Waals surface area contributed by atoms with Crippen LogP contribution < -0.4 is 5.32 Å². The van der Waals surface area contributed by atoms with E-state index in [9.17, 15) is 14.0 Å². The van der Waals surface area contributed by atoms with Crippen molar-refractivity contribution in [3.05, 3.63) is 35.4 Å². The molecule has 0 aliphatic carbocycles. The van der Waals surface area contributed by atoms with E-state index < -0.39 is 36.5 Å². The fourth-order valence-electron chi connectivity index (χ4n) is 1.99. The van der Waals surface area contributed by atoms with E-state index in [-0.39, 0.29) is 6.42 Å². The monoisotopic (exact) mass is 341 g/mol. The number of hydrogen-bond acceptors (Lipinski definition) is 5. The Bertz CT molecular complexity index is 553. The minimum atomic E-state index is -1.45. The normalized spacial score (nSPS) is 13.8. The van der Waals surface area contributed by atoms with E-state index in [0.29, 0.717) is 11.1 Å². The first-order valence-corrected chi connectivity index (χ1v) is 7.57. The highest BCUT2D eigenvalue weighted by Crippen LogP contribution is 2.18. The summed E-state index contributed by atoms with van der Waals surface area (Å²) in [7, 11) is 1.23. The molecule has 24 heavy (non-hydrogen) atoms. The molecule has 6 nitrogen and oxygen atoms in total. The number of rotatable bonds is 6. The number of benzene rings is 1. The average Bonchev–Trinajstić information content (AvgIpc) is 2.51. The van der Waals surface area contributed by atoms with Crippen LogP contribution in [0.15, 0.2) is 24.3 Å². The standard InChI is InChI=1S/C17H24FNO5/c1-17(2,3)24-16(22)19-14(15(21)23-4)9-11-5-7-12(8-6-11)13(18)10-20/h5-8,13-14,20H,9-10H2,1-4H3,(H,19,22)/t13?,14-/m0/s1. The number of esters is 1. The molecule has 0 heterocycles. The van der Waals surface area contributed by atoms with Gasteiger partial charge < -0.3 is 19.9 Å². The van der Waals surface area contributed by atoms with Gasteiger partial charge in [-0.2, -0.15) is 0 Å². The lowest BCUT2D eigenvalue weighted by Gasteiger charge is -2.22. The van der Waals surface area contributed by atoms with Crippen LogP contribution in [0.3, 0.4) is 0 Å². The van der Waals surface area contributed by atoms with Crippen LogP contribution in [0.25, 0.3) is 0 Å². The maximum absolute atomic E-state index is 13.4. The van der Waals surface area contributed by atoms with Gasteiger partial charge in [0, 0.05) is 6.42 Å². The zero-order valence-corrected chi connectivity index (χ0v) is 14.3. The maximum atomic E-state index is 13.4. The fraction of sp³-hybridized carbons (Fsp3) is 0.529. The number of aliphatic hydroxyl groups excluding tert-OH is 1. The van der Waals surface area contributed by atoms with Gasteiger partial charge in [0.05, 0.1) is 13.7 Å². The minimum Gasteiger partial charge on any atom is -0.467 e. The zero-order valence-electron chi connectivity index (χ0n) is 14.3. The van der Waals surface area contributed by atoms with Gasteiger partial charge in [-0.1, -0.05) is 24.3 Å². The first-order valence-electron chi connectivity index (χ1n) is 7.57. The average molecular weight is 341 g/mol. The van der Waals surface area contributed by atoms with Crippen molar-refractivity contribution in [1.29, 1.82) is 0 Å². The van der Waals surface area contributed by atoms with Crippen LogP contribution in [-0.2, 0) is 20.7 Å². The van der Waals surface area contributed by atoms with Crippen LogP contribution in [0.4, 0.5) is 9.18 Å². The second-order valence-electron chi connectivity index (χ2n) is 6.32. The molecule has 2 atom stereocenters. The highest BCUT2D eigenvalue weighted by Gasteiger charge is 2.25. The van der Waals surface area contributed by atoms with Crippen LogP contribution >= 0.6 is 0 Å². The number of halogens is 1. The molecule has 0 fully saturated rings. The summed E-state index contributed by atoms with van der Waals surface area (Å²) < 4.78 is 23.2. The lowest BCUT2D eigenvalue weighted by Crippen LogP contribution is -2.45. The molecule has 0 aliphatic rings. The van der Waals surface area contributed by atoms with E-state index >= 15 is 0 Å². The van der Waals surface area contributed by atoms with Gasteiger partial charge in [-0.15, -0.1) is 0 Å². The molecular weight excluding hydrogens is 317 g/mol. The van der Waals surface area contributed by atoms with Crippen molar-refractivity contribution >= 4 is 12.1 Å². The SMILES string of the molecule is COC(=O)[C@H](Cc1ccc(C(F)CO)cc1)NC(=O)OC(C)(C)C. The molecule has 1 amide bonds. The molecule has 0 saturated heterocycles. The molecule has 1 rings (SSSR count). The van der Waals surface area contributed by atoms with Crippen LogP contribution in [0.1, 0.15) is 38.1 Å². The molecule has 0 radical (unpaired) electrons. The fourth-order valence-corrected chi connectivity index (χ4v) is 1.99. The number of hydrogen-bond donors (Lipinski definition) is 2. The second-order valence-corrected chi connectivity index (χ2v) is 6.32. The Labute approximate surface area is 141 Å². The van der Waals surface area contributed by atoms with E-state index in [0.717, 1.165) is 0 Å². The Balaban J connectivity index is 2.79. The van der Waals surface area contributed by atoms with Crippen LogP contribution in [0, 0.1) is 0 Å². The lowest BCUT2D eigenvalue weighted by atomic mass is 10.0. The number of alkyl carbamates (subject to hydrolysis) is 1. The van der Waals surface area contributed by atoms with Crippen molar-refractivity contribution in [3.8, 4) is 0 Å². The Morgan fingerprint density at radius 1 is 1.25 bits per heavy atom. The van der Waals surface area contributed by atoms with Crippen LogP contribution in [0.2, 0.25) is 0 Å². The number of ether oxygens (including phenoxy) is 2. The van der Waals surface area contributed by atoms with Crippen molar-refractivity contribution in [1.82, 2.24) is 5.32 Å². The third-order valence-electron chi connectivity index (χ3n) is 3.12. The van der Waals surface area contributed by atoms with Crippen molar-refractivity contribution in [2.24, 2.45) is 0 Å². The van der Waals surface area contributed by atoms with E-state index in [2.05, 4.69) is 5.32 Å². The number of amides is 1. The lowest BCUT2D eigenvalue weighted by molar-refractivity contribution is -0.143. The number of carbonyl (C=O) groups excluding carboxylic acids is 2. The third kappa shape index (κ3) is 6.54. The summed E-state index contributed by atoms with van der Waals surface area (Å²) in [5.74, 6) is -0.608. The van der Waals surface area contributed by atoms with E-state index in [4.69, 9.17) is 14.6 Å². The number of carbonyl (C=O) groups is 2. The smallest absolute Gasteiger partial charge is 0.408 e. The molecule has 0 bridgehead atoms. The van der Waals surface area contributed by atoms with Gasteiger partial charge in [-0.05, 0) is 31.9 Å². The van der Waals surface area contributed by atoms with Crippen LogP contribution in [0.5, 0.6) is 0 Å². The molecule has 1 aromatic carbocycles. The van der Waals surface area contributed by atoms with Crippen LogP contribution in [-0.4, -0.2) is 42.5 Å². The topological polar surface area (TPSA) is 84.9 Å². The van der Waals surface area contributed by atoms with Crippen molar-refractivity contribution in [2.75, 3.05) is 13.7 Å². The summed E-state index contributed by atoms with van der Waals surface area (Å²) in [5.41, 5.74) is 0.360. The van der Waals surface area contributed by atoms with Crippen molar-refractivity contribution < 1.29 is 28.6 Å². The third-order valence-corrected chi connectivity index (χ3v) is 3.12. The number of alkyl halides is 1. The number of aliphatic hydroxyl groups is 1. The Morgan fingerprint density at radius 2 is 1.83 bits per heavy atom. The Kier molecular flexibility index (Phi) is 7.16. The summed E-state index contributed by atoms with van der Waals surface area (Å²) in [6.07, 6.45) is -2.00. The summed E-state index contributed by atoms with van der Waals surface area (Å²) in [6.45, 7) is 4.55. The Morgan fingerprint density at radius 3 is 2.29 bits per heavy atom. The Hall–Kier alpha value is -2.15.